The number of hydrogen-bond acceptors (Lipinski definition) is 6. The molecule has 0 aliphatic heterocycles. The quantitative estimate of drug-likeness (QED) is 0.508. The van der Waals surface area contributed by atoms with E-state index in [1.165, 1.54) is 33.5 Å². The molecule has 3 N–H and O–H groups in total. The van der Waals surface area contributed by atoms with Crippen LogP contribution in [-0.2, 0) is 9.59 Å². The van der Waals surface area contributed by atoms with Gasteiger partial charge in [-0.2, -0.15) is 0 Å². The molecule has 0 aliphatic carbocycles. The van der Waals surface area contributed by atoms with Crippen LogP contribution in [0.3, 0.4) is 0 Å². The van der Waals surface area contributed by atoms with Crippen molar-refractivity contribution >= 4 is 35.1 Å². The van der Waals surface area contributed by atoms with E-state index >= 15 is 0 Å². The Hall–Kier alpha value is -3.46. The summed E-state index contributed by atoms with van der Waals surface area (Å²) in [4.78, 5) is 36.5. The zero-order valence-electron chi connectivity index (χ0n) is 17.2. The van der Waals surface area contributed by atoms with Crippen molar-refractivity contribution in [1.29, 1.82) is 0 Å². The summed E-state index contributed by atoms with van der Waals surface area (Å²) in [5, 5.41) is 14.7. The van der Waals surface area contributed by atoms with Crippen LogP contribution in [0.1, 0.15) is 23.2 Å². The number of ether oxygens (including phenoxy) is 3. The number of methoxy groups -OCH3 is 3. The minimum absolute atomic E-state index is 0.106. The Kier molecular flexibility index (Phi) is 8.51. The van der Waals surface area contributed by atoms with Crippen molar-refractivity contribution in [2.45, 2.75) is 18.9 Å². The van der Waals surface area contributed by atoms with Crippen LogP contribution in [0.25, 0.3) is 0 Å². The van der Waals surface area contributed by atoms with E-state index in [4.69, 9.17) is 30.9 Å². The molecule has 166 valence electrons. The number of aliphatic carboxylic acids is 1. The summed E-state index contributed by atoms with van der Waals surface area (Å²) in [7, 11) is 4.26. The Bertz CT molecular complexity index is 922. The van der Waals surface area contributed by atoms with E-state index in [0.29, 0.717) is 16.5 Å². The van der Waals surface area contributed by atoms with Crippen molar-refractivity contribution in [3.05, 3.63) is 47.0 Å². The van der Waals surface area contributed by atoms with E-state index in [1.807, 2.05) is 0 Å². The molecule has 0 fully saturated rings. The van der Waals surface area contributed by atoms with E-state index < -0.39 is 23.8 Å². The first-order valence-electron chi connectivity index (χ1n) is 9.18. The molecule has 10 heteroatoms. The maximum atomic E-state index is 12.8. The van der Waals surface area contributed by atoms with Gasteiger partial charge in [-0.3, -0.25) is 14.4 Å². The maximum absolute atomic E-state index is 12.8. The van der Waals surface area contributed by atoms with E-state index in [9.17, 15) is 14.4 Å². The third kappa shape index (κ3) is 6.51. The molecule has 0 saturated heterocycles. The molecule has 0 heterocycles. The Morgan fingerprint density at radius 2 is 1.58 bits per heavy atom. The molecule has 2 aromatic carbocycles. The van der Waals surface area contributed by atoms with Gasteiger partial charge in [0.05, 0.1) is 21.3 Å². The van der Waals surface area contributed by atoms with Crippen LogP contribution in [0.4, 0.5) is 5.69 Å². The first-order valence-corrected chi connectivity index (χ1v) is 9.56. The fourth-order valence-corrected chi connectivity index (χ4v) is 2.88. The van der Waals surface area contributed by atoms with Crippen LogP contribution < -0.4 is 24.8 Å². The molecule has 0 aromatic heterocycles. The Morgan fingerprint density at radius 1 is 1.00 bits per heavy atom. The Morgan fingerprint density at radius 3 is 2.06 bits per heavy atom. The summed E-state index contributed by atoms with van der Waals surface area (Å²) < 4.78 is 15.7. The summed E-state index contributed by atoms with van der Waals surface area (Å²) in [6.45, 7) is 0. The molecule has 1 atom stereocenters. The Balaban J connectivity index is 2.25. The number of amides is 2. The number of carbonyl (C=O) groups is 3. The lowest BCUT2D eigenvalue weighted by Crippen LogP contribution is -2.44. The van der Waals surface area contributed by atoms with Crippen molar-refractivity contribution in [2.24, 2.45) is 0 Å². The van der Waals surface area contributed by atoms with Gasteiger partial charge >= 0.3 is 5.97 Å². The van der Waals surface area contributed by atoms with Crippen molar-refractivity contribution in [2.75, 3.05) is 26.6 Å². The van der Waals surface area contributed by atoms with Gasteiger partial charge in [-0.15, -0.1) is 0 Å². The van der Waals surface area contributed by atoms with Gasteiger partial charge in [-0.25, -0.2) is 0 Å². The van der Waals surface area contributed by atoms with Gasteiger partial charge < -0.3 is 30.0 Å². The highest BCUT2D eigenvalue weighted by atomic mass is 35.5. The predicted molar refractivity (Wildman–Crippen MR) is 114 cm³/mol. The van der Waals surface area contributed by atoms with Crippen LogP contribution in [0.15, 0.2) is 36.4 Å². The van der Waals surface area contributed by atoms with Crippen LogP contribution in [0, 0.1) is 0 Å². The van der Waals surface area contributed by atoms with Crippen LogP contribution in [-0.4, -0.2) is 50.3 Å². The number of carboxylic acids is 1. The largest absolute Gasteiger partial charge is 0.493 e. The van der Waals surface area contributed by atoms with E-state index in [2.05, 4.69) is 10.6 Å². The lowest BCUT2D eigenvalue weighted by Gasteiger charge is -2.19. The summed E-state index contributed by atoms with van der Waals surface area (Å²) in [6.07, 6.45) is -0.417. The molecule has 0 spiro atoms. The van der Waals surface area contributed by atoms with Gasteiger partial charge in [0.2, 0.25) is 11.7 Å². The SMILES string of the molecule is COc1cc(C(=O)N[C@H](CCC(=O)O)C(=O)Nc2ccc(Cl)cc2)cc(OC)c1OC. The average molecular weight is 451 g/mol. The molecule has 9 nitrogen and oxygen atoms in total. The van der Waals surface area contributed by atoms with Crippen LogP contribution >= 0.6 is 11.6 Å². The maximum Gasteiger partial charge on any atom is 0.303 e. The van der Waals surface area contributed by atoms with Crippen molar-refractivity contribution in [3.63, 3.8) is 0 Å². The number of benzene rings is 2. The molecule has 31 heavy (non-hydrogen) atoms. The minimum atomic E-state index is -1.10. The highest BCUT2D eigenvalue weighted by Crippen LogP contribution is 2.38. The second kappa shape index (κ2) is 11.1. The summed E-state index contributed by atoms with van der Waals surface area (Å²) >= 11 is 5.84. The molecule has 2 aromatic rings. The first-order chi connectivity index (χ1) is 14.8. The first kappa shape index (κ1) is 23.8. The highest BCUT2D eigenvalue weighted by molar-refractivity contribution is 6.30. The van der Waals surface area contributed by atoms with Gasteiger partial charge in [0.15, 0.2) is 11.5 Å². The van der Waals surface area contributed by atoms with Gasteiger partial charge in [-0.05, 0) is 42.8 Å². The van der Waals surface area contributed by atoms with Gasteiger partial charge in [-0.1, -0.05) is 11.6 Å². The van der Waals surface area contributed by atoms with Gasteiger partial charge in [0.25, 0.3) is 5.91 Å². The molecule has 2 amide bonds. The third-order valence-corrected chi connectivity index (χ3v) is 4.56. The topological polar surface area (TPSA) is 123 Å². The average Bonchev–Trinajstić information content (AvgIpc) is 2.76. The number of carbonyl (C=O) groups excluding carboxylic acids is 2. The number of nitrogens with one attached hydrogen (secondary N) is 2. The summed E-state index contributed by atoms with van der Waals surface area (Å²) in [5.41, 5.74) is 0.603. The lowest BCUT2D eigenvalue weighted by atomic mass is 10.1. The molecular formula is C21H23ClN2O7. The minimum Gasteiger partial charge on any atom is -0.493 e. The zero-order valence-corrected chi connectivity index (χ0v) is 18.0. The number of hydrogen-bond donors (Lipinski definition) is 3. The zero-order chi connectivity index (χ0) is 23.0. The molecule has 0 saturated carbocycles. The van der Waals surface area contributed by atoms with Crippen molar-refractivity contribution in [3.8, 4) is 17.2 Å². The van der Waals surface area contributed by atoms with Crippen LogP contribution in [0.5, 0.6) is 17.2 Å². The standard InChI is InChI=1S/C21H23ClN2O7/c1-29-16-10-12(11-17(30-2)19(16)31-3)20(27)24-15(8-9-18(25)26)21(28)23-14-6-4-13(22)5-7-14/h4-7,10-11,15H,8-9H2,1-3H3,(H,23,28)(H,24,27)(H,25,26)/t15-/m1/s1. The van der Waals surface area contributed by atoms with E-state index in [-0.39, 0.29) is 29.9 Å². The number of anilines is 1. The number of halogens is 1. The lowest BCUT2D eigenvalue weighted by molar-refractivity contribution is -0.137. The van der Waals surface area contributed by atoms with Crippen molar-refractivity contribution in [1.82, 2.24) is 5.32 Å². The second-order valence-corrected chi connectivity index (χ2v) is 6.81. The molecule has 0 unspecified atom stereocenters. The normalized spacial score (nSPS) is 11.2. The van der Waals surface area contributed by atoms with Gasteiger partial charge in [0.1, 0.15) is 6.04 Å². The third-order valence-electron chi connectivity index (χ3n) is 4.31. The predicted octanol–water partition coefficient (Wildman–Crippen LogP) is 2.97. The molecule has 0 bridgehead atoms. The smallest absolute Gasteiger partial charge is 0.303 e. The van der Waals surface area contributed by atoms with Crippen molar-refractivity contribution < 1.29 is 33.7 Å². The Labute approximate surface area is 184 Å². The number of rotatable bonds is 10. The molecule has 0 radical (unpaired) electrons. The van der Waals surface area contributed by atoms with Gasteiger partial charge in [0, 0.05) is 22.7 Å². The fourth-order valence-electron chi connectivity index (χ4n) is 2.75. The highest BCUT2D eigenvalue weighted by Gasteiger charge is 2.24. The van der Waals surface area contributed by atoms with E-state index in [0.717, 1.165) is 0 Å². The summed E-state index contributed by atoms with van der Waals surface area (Å²) in [6, 6.07) is 8.14. The second-order valence-electron chi connectivity index (χ2n) is 6.37. The van der Waals surface area contributed by atoms with E-state index in [1.54, 1.807) is 24.3 Å². The fraction of sp³-hybridized carbons (Fsp3) is 0.286. The molecule has 0 aliphatic rings. The van der Waals surface area contributed by atoms with Crippen LogP contribution in [0.2, 0.25) is 5.02 Å². The summed E-state index contributed by atoms with van der Waals surface area (Å²) in [5.74, 6) is -1.43. The number of carboxylic acid groups (broad SMARTS) is 1. The molecule has 2 rings (SSSR count). The molecular weight excluding hydrogens is 428 g/mol. The monoisotopic (exact) mass is 450 g/mol.